The van der Waals surface area contributed by atoms with Crippen LogP contribution in [0.25, 0.3) is 0 Å². The molecule has 1 saturated heterocycles. The standard InChI is InChI=1S/C18H22FN3O/c1-21-12-9-20-18(21)17(23)15-3-2-10-22(13-15)11-8-14-4-6-16(19)7-5-14/h4-7,9,12,15H,2-3,8,10-11,13H2,1H3. The second-order valence-corrected chi connectivity index (χ2v) is 6.24. The third kappa shape index (κ3) is 3.85. The minimum absolute atomic E-state index is 0.0260. The number of aromatic nitrogens is 2. The zero-order valence-electron chi connectivity index (χ0n) is 13.4. The van der Waals surface area contributed by atoms with Crippen LogP contribution in [0.4, 0.5) is 4.39 Å². The summed E-state index contributed by atoms with van der Waals surface area (Å²) in [5.41, 5.74) is 1.13. The van der Waals surface area contributed by atoms with E-state index in [0.717, 1.165) is 44.5 Å². The maximum atomic E-state index is 12.9. The van der Waals surface area contributed by atoms with Crippen molar-refractivity contribution in [1.82, 2.24) is 14.5 Å². The summed E-state index contributed by atoms with van der Waals surface area (Å²) < 4.78 is 14.7. The largest absolute Gasteiger partial charge is 0.332 e. The number of hydrogen-bond donors (Lipinski definition) is 0. The highest BCUT2D eigenvalue weighted by Gasteiger charge is 2.28. The Kier molecular flexibility index (Phi) is 4.86. The predicted molar refractivity (Wildman–Crippen MR) is 86.8 cm³/mol. The lowest BCUT2D eigenvalue weighted by molar-refractivity contribution is 0.0807. The van der Waals surface area contributed by atoms with Gasteiger partial charge in [-0.25, -0.2) is 9.37 Å². The number of nitrogens with zero attached hydrogens (tertiary/aromatic N) is 3. The lowest BCUT2D eigenvalue weighted by atomic mass is 9.93. The summed E-state index contributed by atoms with van der Waals surface area (Å²) in [5, 5.41) is 0. The monoisotopic (exact) mass is 315 g/mol. The fourth-order valence-corrected chi connectivity index (χ4v) is 3.20. The van der Waals surface area contributed by atoms with E-state index in [2.05, 4.69) is 9.88 Å². The first-order valence-electron chi connectivity index (χ1n) is 8.12. The maximum Gasteiger partial charge on any atom is 0.202 e. The molecule has 1 aromatic heterocycles. The minimum atomic E-state index is -0.201. The van der Waals surface area contributed by atoms with Crippen molar-refractivity contribution in [2.75, 3.05) is 19.6 Å². The van der Waals surface area contributed by atoms with Gasteiger partial charge in [0.25, 0.3) is 0 Å². The number of carbonyl (C=O) groups is 1. The molecule has 0 saturated carbocycles. The molecule has 122 valence electrons. The molecule has 1 unspecified atom stereocenters. The van der Waals surface area contributed by atoms with Crippen LogP contribution in [0.2, 0.25) is 0 Å². The van der Waals surface area contributed by atoms with Crippen molar-refractivity contribution in [3.05, 3.63) is 53.9 Å². The van der Waals surface area contributed by atoms with Gasteiger partial charge in [-0.1, -0.05) is 12.1 Å². The molecule has 3 rings (SSSR count). The summed E-state index contributed by atoms with van der Waals surface area (Å²) in [4.78, 5) is 19.1. The van der Waals surface area contributed by atoms with E-state index in [9.17, 15) is 9.18 Å². The number of imidazole rings is 1. The van der Waals surface area contributed by atoms with Gasteiger partial charge in [-0.2, -0.15) is 0 Å². The highest BCUT2D eigenvalue weighted by Crippen LogP contribution is 2.20. The molecule has 0 spiro atoms. The Bertz CT molecular complexity index is 665. The molecular weight excluding hydrogens is 293 g/mol. The smallest absolute Gasteiger partial charge is 0.202 e. The van der Waals surface area contributed by atoms with Crippen molar-refractivity contribution in [1.29, 1.82) is 0 Å². The maximum absolute atomic E-state index is 12.9. The van der Waals surface area contributed by atoms with Crippen molar-refractivity contribution < 1.29 is 9.18 Å². The second-order valence-electron chi connectivity index (χ2n) is 6.24. The van der Waals surface area contributed by atoms with Crippen LogP contribution >= 0.6 is 0 Å². The molecule has 2 aromatic rings. The van der Waals surface area contributed by atoms with Gasteiger partial charge in [0.1, 0.15) is 5.82 Å². The summed E-state index contributed by atoms with van der Waals surface area (Å²) in [6, 6.07) is 6.66. The molecular formula is C18H22FN3O. The van der Waals surface area contributed by atoms with Crippen molar-refractivity contribution in [3.63, 3.8) is 0 Å². The molecule has 5 heteroatoms. The number of carbonyl (C=O) groups excluding carboxylic acids is 1. The van der Waals surface area contributed by atoms with Crippen LogP contribution < -0.4 is 0 Å². The average Bonchev–Trinajstić information content (AvgIpc) is 3.00. The summed E-state index contributed by atoms with van der Waals surface area (Å²) in [7, 11) is 1.86. The van der Waals surface area contributed by atoms with Crippen molar-refractivity contribution in [3.8, 4) is 0 Å². The van der Waals surface area contributed by atoms with Gasteiger partial charge in [-0.05, 0) is 43.5 Å². The molecule has 0 radical (unpaired) electrons. The first-order chi connectivity index (χ1) is 11.1. The van der Waals surface area contributed by atoms with Gasteiger partial charge >= 0.3 is 0 Å². The zero-order valence-corrected chi connectivity index (χ0v) is 13.4. The Labute approximate surface area is 135 Å². The Hall–Kier alpha value is -2.01. The molecule has 1 atom stereocenters. The van der Waals surface area contributed by atoms with Crippen LogP contribution in [0.3, 0.4) is 0 Å². The van der Waals surface area contributed by atoms with Gasteiger partial charge in [0, 0.05) is 38.4 Å². The van der Waals surface area contributed by atoms with Gasteiger partial charge in [0.15, 0.2) is 5.82 Å². The Morgan fingerprint density at radius 2 is 2.13 bits per heavy atom. The number of benzene rings is 1. The first-order valence-corrected chi connectivity index (χ1v) is 8.12. The van der Waals surface area contributed by atoms with E-state index in [1.807, 2.05) is 25.4 Å². The fraction of sp³-hybridized carbons (Fsp3) is 0.444. The van der Waals surface area contributed by atoms with Crippen LogP contribution in [0.15, 0.2) is 36.7 Å². The molecule has 23 heavy (non-hydrogen) atoms. The van der Waals surface area contributed by atoms with E-state index in [0.29, 0.717) is 5.82 Å². The number of rotatable bonds is 5. The SMILES string of the molecule is Cn1ccnc1C(=O)C1CCCN(CCc2ccc(F)cc2)C1. The van der Waals surface area contributed by atoms with Crippen molar-refractivity contribution >= 4 is 5.78 Å². The van der Waals surface area contributed by atoms with Crippen LogP contribution in [-0.2, 0) is 13.5 Å². The third-order valence-electron chi connectivity index (χ3n) is 4.55. The van der Waals surface area contributed by atoms with Gasteiger partial charge in [-0.15, -0.1) is 0 Å². The number of halogens is 1. The van der Waals surface area contributed by atoms with E-state index in [-0.39, 0.29) is 17.5 Å². The summed E-state index contributed by atoms with van der Waals surface area (Å²) in [5.74, 6) is 0.518. The van der Waals surface area contributed by atoms with Gasteiger partial charge in [0.05, 0.1) is 0 Å². The van der Waals surface area contributed by atoms with Crippen molar-refractivity contribution in [2.45, 2.75) is 19.3 Å². The van der Waals surface area contributed by atoms with E-state index in [1.54, 1.807) is 10.8 Å². The Morgan fingerprint density at radius 1 is 1.35 bits per heavy atom. The average molecular weight is 315 g/mol. The van der Waals surface area contributed by atoms with E-state index < -0.39 is 0 Å². The molecule has 4 nitrogen and oxygen atoms in total. The number of piperidine rings is 1. The highest BCUT2D eigenvalue weighted by atomic mass is 19.1. The fourth-order valence-electron chi connectivity index (χ4n) is 3.20. The molecule has 2 heterocycles. The highest BCUT2D eigenvalue weighted by molar-refractivity contribution is 5.94. The van der Waals surface area contributed by atoms with Crippen LogP contribution in [0.5, 0.6) is 0 Å². The lowest BCUT2D eigenvalue weighted by Gasteiger charge is -2.31. The van der Waals surface area contributed by atoms with Gasteiger partial charge in [0.2, 0.25) is 5.78 Å². The third-order valence-corrected chi connectivity index (χ3v) is 4.55. The number of likely N-dealkylation sites (tertiary alicyclic amines) is 1. The van der Waals surface area contributed by atoms with Gasteiger partial charge < -0.3 is 9.47 Å². The number of aryl methyl sites for hydroxylation is 1. The van der Waals surface area contributed by atoms with Crippen LogP contribution in [0, 0.1) is 11.7 Å². The molecule has 0 N–H and O–H groups in total. The number of hydrogen-bond acceptors (Lipinski definition) is 3. The number of Topliss-reactive ketones (excluding diaryl/α,β-unsaturated/α-hetero) is 1. The molecule has 1 fully saturated rings. The van der Waals surface area contributed by atoms with Crippen molar-refractivity contribution in [2.24, 2.45) is 13.0 Å². The molecule has 1 aliphatic heterocycles. The van der Waals surface area contributed by atoms with Crippen LogP contribution in [0.1, 0.15) is 29.0 Å². The van der Waals surface area contributed by atoms with Crippen LogP contribution in [-0.4, -0.2) is 39.9 Å². The Morgan fingerprint density at radius 3 is 2.83 bits per heavy atom. The normalized spacial score (nSPS) is 19.0. The summed E-state index contributed by atoms with van der Waals surface area (Å²) in [6.07, 6.45) is 6.32. The molecule has 0 aliphatic carbocycles. The quantitative estimate of drug-likeness (QED) is 0.796. The molecule has 1 aromatic carbocycles. The topological polar surface area (TPSA) is 38.1 Å². The molecule has 0 amide bonds. The number of ketones is 1. The van der Waals surface area contributed by atoms with E-state index in [1.165, 1.54) is 12.1 Å². The molecule has 0 bridgehead atoms. The molecule has 1 aliphatic rings. The lowest BCUT2D eigenvalue weighted by Crippen LogP contribution is -2.40. The predicted octanol–water partition coefficient (Wildman–Crippen LogP) is 2.70. The first kappa shape index (κ1) is 15.9. The van der Waals surface area contributed by atoms with E-state index >= 15 is 0 Å². The van der Waals surface area contributed by atoms with Gasteiger partial charge in [-0.3, -0.25) is 4.79 Å². The summed E-state index contributed by atoms with van der Waals surface area (Å²) >= 11 is 0. The van der Waals surface area contributed by atoms with E-state index in [4.69, 9.17) is 0 Å². The Balaban J connectivity index is 1.57. The minimum Gasteiger partial charge on any atom is -0.332 e. The second kappa shape index (κ2) is 7.04. The zero-order chi connectivity index (χ0) is 16.2. The summed E-state index contributed by atoms with van der Waals surface area (Å²) in [6.45, 7) is 2.70.